The van der Waals surface area contributed by atoms with Crippen molar-refractivity contribution in [3.8, 4) is 5.75 Å². The SMILES string of the molecule is COc1ccc(/C=C\[C@@H](C)NC(=O)O[C@H](c2ccccc2)C(Cl)(Cl)Cl)cc1. The van der Waals surface area contributed by atoms with Gasteiger partial charge >= 0.3 is 6.09 Å². The number of halogens is 3. The molecule has 2 rings (SSSR count). The second-order valence-corrected chi connectivity index (χ2v) is 8.17. The maximum Gasteiger partial charge on any atom is 0.408 e. The van der Waals surface area contributed by atoms with Crippen LogP contribution in [0.15, 0.2) is 60.7 Å². The van der Waals surface area contributed by atoms with Crippen molar-refractivity contribution in [1.82, 2.24) is 5.32 Å². The molecule has 0 aromatic heterocycles. The van der Waals surface area contributed by atoms with Gasteiger partial charge in [0.2, 0.25) is 3.79 Å². The van der Waals surface area contributed by atoms with Gasteiger partial charge in [-0.1, -0.05) is 89.4 Å². The molecule has 2 atom stereocenters. The third-order valence-corrected chi connectivity index (χ3v) is 4.26. The number of hydrogen-bond donors (Lipinski definition) is 1. The van der Waals surface area contributed by atoms with Crippen molar-refractivity contribution in [2.45, 2.75) is 22.9 Å². The van der Waals surface area contributed by atoms with E-state index in [1.54, 1.807) is 31.4 Å². The first kappa shape index (κ1) is 21.4. The molecule has 0 aliphatic heterocycles. The van der Waals surface area contributed by atoms with Crippen LogP contribution in [0.5, 0.6) is 5.75 Å². The van der Waals surface area contributed by atoms with Crippen molar-refractivity contribution in [3.63, 3.8) is 0 Å². The average Bonchev–Trinajstić information content (AvgIpc) is 2.64. The van der Waals surface area contributed by atoms with Crippen LogP contribution in [-0.4, -0.2) is 23.0 Å². The van der Waals surface area contributed by atoms with E-state index in [9.17, 15) is 4.79 Å². The summed E-state index contributed by atoms with van der Waals surface area (Å²) >= 11 is 17.9. The number of rotatable bonds is 6. The van der Waals surface area contributed by atoms with Crippen LogP contribution < -0.4 is 10.1 Å². The Morgan fingerprint density at radius 3 is 2.26 bits per heavy atom. The molecule has 1 amide bonds. The third kappa shape index (κ3) is 6.98. The summed E-state index contributed by atoms with van der Waals surface area (Å²) in [5.41, 5.74) is 1.57. The van der Waals surface area contributed by atoms with Gasteiger partial charge in [0, 0.05) is 6.04 Å². The van der Waals surface area contributed by atoms with E-state index in [2.05, 4.69) is 5.32 Å². The molecular formula is C20H20Cl3NO3. The van der Waals surface area contributed by atoms with Crippen molar-refractivity contribution < 1.29 is 14.3 Å². The van der Waals surface area contributed by atoms with Crippen LogP contribution in [0.3, 0.4) is 0 Å². The lowest BCUT2D eigenvalue weighted by Crippen LogP contribution is -2.35. The Bertz CT molecular complexity index is 758. The maximum absolute atomic E-state index is 12.2. The smallest absolute Gasteiger partial charge is 0.408 e. The first-order chi connectivity index (χ1) is 12.8. The predicted octanol–water partition coefficient (Wildman–Crippen LogP) is 5.93. The zero-order valence-electron chi connectivity index (χ0n) is 14.9. The van der Waals surface area contributed by atoms with E-state index in [-0.39, 0.29) is 6.04 Å². The second kappa shape index (κ2) is 9.88. The molecule has 144 valence electrons. The summed E-state index contributed by atoms with van der Waals surface area (Å²) < 4.78 is 8.69. The number of nitrogens with one attached hydrogen (secondary N) is 1. The van der Waals surface area contributed by atoms with Crippen molar-refractivity contribution in [1.29, 1.82) is 0 Å². The Balaban J connectivity index is 1.97. The van der Waals surface area contributed by atoms with Gasteiger partial charge in [0.25, 0.3) is 0 Å². The van der Waals surface area contributed by atoms with Crippen molar-refractivity contribution in [3.05, 3.63) is 71.8 Å². The van der Waals surface area contributed by atoms with Gasteiger partial charge < -0.3 is 14.8 Å². The van der Waals surface area contributed by atoms with Crippen molar-refractivity contribution in [2.24, 2.45) is 0 Å². The van der Waals surface area contributed by atoms with Crippen molar-refractivity contribution >= 4 is 47.0 Å². The average molecular weight is 429 g/mol. The fraction of sp³-hybridized carbons (Fsp3) is 0.250. The summed E-state index contributed by atoms with van der Waals surface area (Å²) in [7, 11) is 1.61. The Morgan fingerprint density at radius 2 is 1.70 bits per heavy atom. The van der Waals surface area contributed by atoms with Crippen LogP contribution >= 0.6 is 34.8 Å². The van der Waals surface area contributed by atoms with E-state index in [0.717, 1.165) is 11.3 Å². The van der Waals surface area contributed by atoms with Gasteiger partial charge in [-0.2, -0.15) is 0 Å². The van der Waals surface area contributed by atoms with E-state index in [4.69, 9.17) is 44.3 Å². The van der Waals surface area contributed by atoms with E-state index >= 15 is 0 Å². The Labute approximate surface area is 174 Å². The molecule has 7 heteroatoms. The normalized spacial score (nSPS) is 13.8. The third-order valence-electron chi connectivity index (χ3n) is 3.66. The molecule has 0 spiro atoms. The highest BCUT2D eigenvalue weighted by atomic mass is 35.6. The maximum atomic E-state index is 12.2. The molecule has 0 aliphatic carbocycles. The number of amides is 1. The number of carbonyl (C=O) groups excluding carboxylic acids is 1. The number of ether oxygens (including phenoxy) is 2. The lowest BCUT2D eigenvalue weighted by atomic mass is 10.1. The zero-order chi connectivity index (χ0) is 19.9. The summed E-state index contributed by atoms with van der Waals surface area (Å²) in [6.45, 7) is 1.81. The summed E-state index contributed by atoms with van der Waals surface area (Å²) in [4.78, 5) is 12.2. The van der Waals surface area contributed by atoms with Gasteiger partial charge in [-0.05, 0) is 30.2 Å². The number of methoxy groups -OCH3 is 1. The van der Waals surface area contributed by atoms with Gasteiger partial charge in [0.15, 0.2) is 6.10 Å². The molecule has 4 nitrogen and oxygen atoms in total. The number of alkyl carbamates (subject to hydrolysis) is 1. The van der Waals surface area contributed by atoms with Gasteiger partial charge in [-0.15, -0.1) is 0 Å². The molecule has 1 N–H and O–H groups in total. The highest BCUT2D eigenvalue weighted by molar-refractivity contribution is 6.68. The summed E-state index contributed by atoms with van der Waals surface area (Å²) in [5.74, 6) is 0.778. The van der Waals surface area contributed by atoms with E-state index in [0.29, 0.717) is 5.56 Å². The topological polar surface area (TPSA) is 47.6 Å². The highest BCUT2D eigenvalue weighted by Gasteiger charge is 2.37. The molecule has 0 saturated carbocycles. The molecule has 0 fully saturated rings. The fourth-order valence-electron chi connectivity index (χ4n) is 2.30. The van der Waals surface area contributed by atoms with Gasteiger partial charge in [-0.3, -0.25) is 0 Å². The summed E-state index contributed by atoms with van der Waals surface area (Å²) in [5, 5.41) is 2.70. The molecule has 0 bridgehead atoms. The van der Waals surface area contributed by atoms with Gasteiger partial charge in [0.1, 0.15) is 5.75 Å². The van der Waals surface area contributed by atoms with Crippen LogP contribution in [-0.2, 0) is 4.74 Å². The molecule has 0 saturated heterocycles. The minimum absolute atomic E-state index is 0.286. The van der Waals surface area contributed by atoms with Crippen LogP contribution in [0.25, 0.3) is 6.08 Å². The molecule has 0 heterocycles. The first-order valence-corrected chi connectivity index (χ1v) is 9.34. The Hall–Kier alpha value is -1.88. The largest absolute Gasteiger partial charge is 0.497 e. The highest BCUT2D eigenvalue weighted by Crippen LogP contribution is 2.42. The predicted molar refractivity (Wildman–Crippen MR) is 111 cm³/mol. The van der Waals surface area contributed by atoms with Crippen LogP contribution in [0.2, 0.25) is 0 Å². The number of benzene rings is 2. The second-order valence-electron chi connectivity index (χ2n) is 5.80. The monoisotopic (exact) mass is 427 g/mol. The minimum atomic E-state index is -1.79. The van der Waals surface area contributed by atoms with Gasteiger partial charge in [-0.25, -0.2) is 4.79 Å². The number of hydrogen-bond acceptors (Lipinski definition) is 3. The molecule has 2 aromatic carbocycles. The molecule has 0 aliphatic rings. The van der Waals surface area contributed by atoms with E-state index in [1.807, 2.05) is 49.4 Å². The van der Waals surface area contributed by atoms with E-state index in [1.165, 1.54) is 0 Å². The number of alkyl halides is 3. The van der Waals surface area contributed by atoms with Crippen molar-refractivity contribution in [2.75, 3.05) is 7.11 Å². The molecular weight excluding hydrogens is 409 g/mol. The Kier molecular flexibility index (Phi) is 7.84. The first-order valence-electron chi connectivity index (χ1n) is 8.20. The molecule has 0 unspecified atom stereocenters. The van der Waals surface area contributed by atoms with Crippen LogP contribution in [0.4, 0.5) is 4.79 Å². The summed E-state index contributed by atoms with van der Waals surface area (Å²) in [6, 6.07) is 16.1. The van der Waals surface area contributed by atoms with E-state index < -0.39 is 16.0 Å². The zero-order valence-corrected chi connectivity index (χ0v) is 17.1. The standard InChI is InChI=1S/C20H20Cl3NO3/c1-14(8-9-15-10-12-17(26-2)13-11-15)24-19(25)27-18(20(21,22)23)16-6-4-3-5-7-16/h3-14,18H,1-2H3,(H,24,25)/b9-8-/t14-,18-/m1/s1. The Morgan fingerprint density at radius 1 is 1.07 bits per heavy atom. The van der Waals surface area contributed by atoms with Gasteiger partial charge in [0.05, 0.1) is 7.11 Å². The molecule has 27 heavy (non-hydrogen) atoms. The van der Waals surface area contributed by atoms with Crippen LogP contribution in [0.1, 0.15) is 24.2 Å². The molecule has 0 radical (unpaired) electrons. The quantitative estimate of drug-likeness (QED) is 0.580. The van der Waals surface area contributed by atoms with Crippen LogP contribution in [0, 0.1) is 0 Å². The fourth-order valence-corrected chi connectivity index (χ4v) is 2.81. The number of carbonyl (C=O) groups is 1. The summed E-state index contributed by atoms with van der Waals surface area (Å²) in [6.07, 6.45) is 2.01. The lowest BCUT2D eigenvalue weighted by Gasteiger charge is -2.25. The molecule has 2 aromatic rings. The minimum Gasteiger partial charge on any atom is -0.497 e. The lowest BCUT2D eigenvalue weighted by molar-refractivity contribution is 0.0980.